The van der Waals surface area contributed by atoms with Crippen LogP contribution in [0.15, 0.2) is 35.1 Å². The lowest BCUT2D eigenvalue weighted by Gasteiger charge is -2.07. The zero-order chi connectivity index (χ0) is 14.8. The van der Waals surface area contributed by atoms with Crippen LogP contribution >= 0.6 is 0 Å². The Bertz CT molecular complexity index is 813. The zero-order valence-electron chi connectivity index (χ0n) is 11.2. The molecule has 2 N–H and O–H groups in total. The Morgan fingerprint density at radius 3 is 2.90 bits per heavy atom. The number of aromatic nitrogens is 3. The van der Waals surface area contributed by atoms with Crippen molar-refractivity contribution >= 4 is 22.7 Å². The molecule has 3 rings (SSSR count). The maximum absolute atomic E-state index is 11.0. The van der Waals surface area contributed by atoms with Crippen LogP contribution in [-0.2, 0) is 6.54 Å². The molecule has 0 bridgehead atoms. The smallest absolute Gasteiger partial charge is 0.335 e. The largest absolute Gasteiger partial charge is 0.478 e. The fourth-order valence-electron chi connectivity index (χ4n) is 2.01. The average molecular weight is 284 g/mol. The molecule has 0 amide bonds. The lowest BCUT2D eigenvalue weighted by molar-refractivity contribution is 0.0697. The minimum atomic E-state index is -0.983. The maximum atomic E-state index is 11.0. The highest BCUT2D eigenvalue weighted by molar-refractivity contribution is 5.96. The van der Waals surface area contributed by atoms with Crippen molar-refractivity contribution in [3.63, 3.8) is 0 Å². The molecule has 7 heteroatoms. The molecule has 0 radical (unpaired) electrons. The number of nitrogens with one attached hydrogen (secondary N) is 1. The highest BCUT2D eigenvalue weighted by Gasteiger charge is 2.08. The summed E-state index contributed by atoms with van der Waals surface area (Å²) < 4.78 is 4.99. The highest BCUT2D eigenvalue weighted by atomic mass is 16.5. The quantitative estimate of drug-likeness (QED) is 0.757. The van der Waals surface area contributed by atoms with Crippen molar-refractivity contribution in [1.29, 1.82) is 0 Å². The van der Waals surface area contributed by atoms with Gasteiger partial charge in [-0.25, -0.2) is 14.8 Å². The molecule has 0 unspecified atom stereocenters. The fourth-order valence-corrected chi connectivity index (χ4v) is 2.01. The lowest BCUT2D eigenvalue weighted by Crippen LogP contribution is -2.03. The van der Waals surface area contributed by atoms with Crippen LogP contribution in [0.3, 0.4) is 0 Å². The highest BCUT2D eigenvalue weighted by Crippen LogP contribution is 2.21. The van der Waals surface area contributed by atoms with Gasteiger partial charge in [0.25, 0.3) is 0 Å². The molecule has 0 saturated heterocycles. The lowest BCUT2D eigenvalue weighted by atomic mass is 10.1. The van der Waals surface area contributed by atoms with E-state index in [1.807, 2.05) is 13.0 Å². The second kappa shape index (κ2) is 5.20. The van der Waals surface area contributed by atoms with Crippen LogP contribution in [0.1, 0.15) is 21.8 Å². The summed E-state index contributed by atoms with van der Waals surface area (Å²) in [4.78, 5) is 19.2. The molecule has 7 nitrogen and oxygen atoms in total. The Balaban J connectivity index is 1.90. The van der Waals surface area contributed by atoms with Gasteiger partial charge in [-0.05, 0) is 25.1 Å². The number of aryl methyl sites for hydroxylation is 1. The average Bonchev–Trinajstić information content (AvgIpc) is 2.90. The molecule has 0 aliphatic rings. The van der Waals surface area contributed by atoms with E-state index >= 15 is 0 Å². The van der Waals surface area contributed by atoms with E-state index in [1.165, 1.54) is 18.5 Å². The number of carboxylic acid groups (broad SMARTS) is 1. The summed E-state index contributed by atoms with van der Waals surface area (Å²) in [5, 5.41) is 16.8. The molecule has 2 heterocycles. The van der Waals surface area contributed by atoms with Gasteiger partial charge in [-0.2, -0.15) is 0 Å². The molecule has 3 aromatic rings. The van der Waals surface area contributed by atoms with E-state index in [-0.39, 0.29) is 5.56 Å². The van der Waals surface area contributed by atoms with E-state index in [2.05, 4.69) is 20.4 Å². The van der Waals surface area contributed by atoms with Gasteiger partial charge in [0, 0.05) is 11.5 Å². The number of fused-ring (bicyclic) bond motifs is 1. The number of benzene rings is 1. The van der Waals surface area contributed by atoms with E-state index in [4.69, 9.17) is 9.63 Å². The number of carboxylic acids is 1. The van der Waals surface area contributed by atoms with Gasteiger partial charge in [0.2, 0.25) is 0 Å². The van der Waals surface area contributed by atoms with Crippen LogP contribution in [0.4, 0.5) is 5.82 Å². The molecule has 106 valence electrons. The van der Waals surface area contributed by atoms with E-state index in [0.29, 0.717) is 17.9 Å². The second-order valence-corrected chi connectivity index (χ2v) is 4.54. The van der Waals surface area contributed by atoms with Crippen molar-refractivity contribution in [2.75, 3.05) is 5.32 Å². The van der Waals surface area contributed by atoms with Gasteiger partial charge in [-0.1, -0.05) is 5.16 Å². The molecule has 2 aromatic heterocycles. The van der Waals surface area contributed by atoms with Crippen molar-refractivity contribution in [2.24, 2.45) is 0 Å². The third-order valence-electron chi connectivity index (χ3n) is 3.00. The predicted octanol–water partition coefficient (Wildman–Crippen LogP) is 2.24. The molecule has 0 fully saturated rings. The molecule has 0 saturated carbocycles. The first kappa shape index (κ1) is 13.0. The monoisotopic (exact) mass is 284 g/mol. The SMILES string of the molecule is Cc1cc(CNc2ncnc3cc(C(=O)O)ccc23)no1. The third kappa shape index (κ3) is 2.66. The standard InChI is InChI=1S/C14H12N4O3/c1-8-4-10(18-21-8)6-15-13-11-3-2-9(14(19)20)5-12(11)16-7-17-13/h2-5,7H,6H2,1H3,(H,19,20)(H,15,16,17). The Morgan fingerprint density at radius 1 is 1.33 bits per heavy atom. The van der Waals surface area contributed by atoms with Crippen molar-refractivity contribution in [3.8, 4) is 0 Å². The predicted molar refractivity (Wildman–Crippen MR) is 75.1 cm³/mol. The van der Waals surface area contributed by atoms with E-state index in [9.17, 15) is 4.79 Å². The molecule has 21 heavy (non-hydrogen) atoms. The minimum absolute atomic E-state index is 0.194. The first-order valence-electron chi connectivity index (χ1n) is 6.27. The van der Waals surface area contributed by atoms with Crippen molar-refractivity contribution in [1.82, 2.24) is 15.1 Å². The summed E-state index contributed by atoms with van der Waals surface area (Å²) in [6, 6.07) is 6.57. The molecule has 0 spiro atoms. The number of nitrogens with zero attached hydrogens (tertiary/aromatic N) is 3. The zero-order valence-corrected chi connectivity index (χ0v) is 11.2. The van der Waals surface area contributed by atoms with Gasteiger partial charge in [0.15, 0.2) is 0 Å². The fraction of sp³-hybridized carbons (Fsp3) is 0.143. The Hall–Kier alpha value is -2.96. The first-order valence-corrected chi connectivity index (χ1v) is 6.27. The van der Waals surface area contributed by atoms with Crippen LogP contribution in [-0.4, -0.2) is 26.2 Å². The Morgan fingerprint density at radius 2 is 2.19 bits per heavy atom. The van der Waals surface area contributed by atoms with Crippen LogP contribution in [0.2, 0.25) is 0 Å². The number of carbonyl (C=O) groups is 1. The van der Waals surface area contributed by atoms with Crippen molar-refractivity contribution in [3.05, 3.63) is 47.6 Å². The first-order chi connectivity index (χ1) is 10.1. The van der Waals surface area contributed by atoms with Gasteiger partial charge < -0.3 is 14.9 Å². The summed E-state index contributed by atoms with van der Waals surface area (Å²) in [6.45, 7) is 2.29. The summed E-state index contributed by atoms with van der Waals surface area (Å²) in [5.74, 6) is 0.381. The molecule has 0 aliphatic heterocycles. The van der Waals surface area contributed by atoms with Gasteiger partial charge in [-0.3, -0.25) is 0 Å². The van der Waals surface area contributed by atoms with Gasteiger partial charge in [0.05, 0.1) is 17.6 Å². The summed E-state index contributed by atoms with van der Waals surface area (Å²) in [6.07, 6.45) is 1.39. The number of hydrogen-bond donors (Lipinski definition) is 2. The van der Waals surface area contributed by atoms with Gasteiger partial charge >= 0.3 is 5.97 Å². The van der Waals surface area contributed by atoms with Crippen molar-refractivity contribution in [2.45, 2.75) is 13.5 Å². The number of anilines is 1. The van der Waals surface area contributed by atoms with Crippen LogP contribution in [0, 0.1) is 6.92 Å². The third-order valence-corrected chi connectivity index (χ3v) is 3.00. The van der Waals surface area contributed by atoms with Crippen molar-refractivity contribution < 1.29 is 14.4 Å². The number of aromatic carboxylic acids is 1. The van der Waals surface area contributed by atoms with E-state index < -0.39 is 5.97 Å². The van der Waals surface area contributed by atoms with Crippen LogP contribution < -0.4 is 5.32 Å². The van der Waals surface area contributed by atoms with E-state index in [1.54, 1.807) is 6.07 Å². The normalized spacial score (nSPS) is 10.7. The molecular formula is C14H12N4O3. The Labute approximate surface area is 119 Å². The molecular weight excluding hydrogens is 272 g/mol. The minimum Gasteiger partial charge on any atom is -0.478 e. The molecule has 0 aliphatic carbocycles. The van der Waals surface area contributed by atoms with Gasteiger partial charge in [0.1, 0.15) is 23.6 Å². The maximum Gasteiger partial charge on any atom is 0.335 e. The molecule has 1 aromatic carbocycles. The van der Waals surface area contributed by atoms with Gasteiger partial charge in [-0.15, -0.1) is 0 Å². The number of rotatable bonds is 4. The van der Waals surface area contributed by atoms with Crippen LogP contribution in [0.25, 0.3) is 10.9 Å². The van der Waals surface area contributed by atoms with Crippen LogP contribution in [0.5, 0.6) is 0 Å². The summed E-state index contributed by atoms with van der Waals surface area (Å²) in [5.41, 5.74) is 1.53. The number of hydrogen-bond acceptors (Lipinski definition) is 6. The summed E-state index contributed by atoms with van der Waals surface area (Å²) >= 11 is 0. The second-order valence-electron chi connectivity index (χ2n) is 4.54. The Kier molecular flexibility index (Phi) is 3.23. The van der Waals surface area contributed by atoms with E-state index in [0.717, 1.165) is 16.8 Å². The summed E-state index contributed by atoms with van der Waals surface area (Å²) in [7, 11) is 0. The molecule has 0 atom stereocenters. The topological polar surface area (TPSA) is 101 Å².